The zero-order chi connectivity index (χ0) is 20.1. The normalized spacial score (nSPS) is 16.7. The number of hydrogen-bond acceptors (Lipinski definition) is 3. The zero-order valence-electron chi connectivity index (χ0n) is 17.3. The first-order chi connectivity index (χ1) is 14.2. The molecule has 2 atom stereocenters. The van der Waals surface area contributed by atoms with Crippen LogP contribution in [0.5, 0.6) is 11.5 Å². The molecule has 0 spiro atoms. The Balaban J connectivity index is 1.49. The highest BCUT2D eigenvalue weighted by Gasteiger charge is 2.22. The standard InChI is InChI=1S/C26H29NO2/c1-27(2)16-15-25(21-11-7-4-8-12-21)29-24-14-13-22-17-23(19-28-26(22)18-24)20-9-5-3-6-10-20/h3-14,18,23,25H,15-17,19H2,1-2H3. The number of rotatable bonds is 7. The largest absolute Gasteiger partial charge is 0.493 e. The van der Waals surface area contributed by atoms with Gasteiger partial charge in [0, 0.05) is 24.9 Å². The molecular weight excluding hydrogens is 358 g/mol. The molecule has 29 heavy (non-hydrogen) atoms. The van der Waals surface area contributed by atoms with E-state index in [0.717, 1.165) is 30.9 Å². The molecule has 0 fully saturated rings. The van der Waals surface area contributed by atoms with Gasteiger partial charge in [0.25, 0.3) is 0 Å². The smallest absolute Gasteiger partial charge is 0.126 e. The molecule has 0 N–H and O–H groups in total. The molecule has 0 bridgehead atoms. The Hall–Kier alpha value is -2.78. The van der Waals surface area contributed by atoms with Gasteiger partial charge in [-0.1, -0.05) is 66.7 Å². The SMILES string of the molecule is CN(C)CCC(Oc1ccc2c(c1)OCC(c1ccccc1)C2)c1ccccc1. The third-order valence-corrected chi connectivity index (χ3v) is 5.50. The molecule has 3 nitrogen and oxygen atoms in total. The molecule has 3 aromatic carbocycles. The number of hydrogen-bond donors (Lipinski definition) is 0. The minimum absolute atomic E-state index is 0.0253. The van der Waals surface area contributed by atoms with E-state index in [1.165, 1.54) is 16.7 Å². The highest BCUT2D eigenvalue weighted by Crippen LogP contribution is 2.36. The summed E-state index contributed by atoms with van der Waals surface area (Å²) in [5.41, 5.74) is 3.80. The summed E-state index contributed by atoms with van der Waals surface area (Å²) < 4.78 is 12.6. The Kier molecular flexibility index (Phi) is 6.16. The summed E-state index contributed by atoms with van der Waals surface area (Å²) in [6.45, 7) is 1.68. The van der Waals surface area contributed by atoms with Crippen molar-refractivity contribution in [3.8, 4) is 11.5 Å². The van der Waals surface area contributed by atoms with E-state index >= 15 is 0 Å². The summed E-state index contributed by atoms with van der Waals surface area (Å²) in [7, 11) is 4.19. The van der Waals surface area contributed by atoms with Crippen LogP contribution in [0.3, 0.4) is 0 Å². The zero-order valence-corrected chi connectivity index (χ0v) is 17.3. The van der Waals surface area contributed by atoms with Crippen molar-refractivity contribution in [3.05, 3.63) is 95.6 Å². The molecule has 0 saturated heterocycles. The molecule has 0 amide bonds. The molecule has 4 rings (SSSR count). The summed E-state index contributed by atoms with van der Waals surface area (Å²) >= 11 is 0. The molecule has 2 unspecified atom stereocenters. The monoisotopic (exact) mass is 387 g/mol. The Morgan fingerprint density at radius 2 is 1.69 bits per heavy atom. The van der Waals surface area contributed by atoms with Crippen LogP contribution in [0.25, 0.3) is 0 Å². The van der Waals surface area contributed by atoms with Crippen LogP contribution < -0.4 is 9.47 Å². The van der Waals surface area contributed by atoms with Crippen molar-refractivity contribution >= 4 is 0 Å². The maximum atomic E-state index is 6.42. The summed E-state index contributed by atoms with van der Waals surface area (Å²) in [6.07, 6.45) is 1.96. The fourth-order valence-corrected chi connectivity index (χ4v) is 3.87. The molecule has 1 aliphatic rings. The molecule has 3 aromatic rings. The molecule has 1 heterocycles. The summed E-state index contributed by atoms with van der Waals surface area (Å²) in [5.74, 6) is 2.23. The molecule has 0 radical (unpaired) electrons. The minimum Gasteiger partial charge on any atom is -0.493 e. The van der Waals surface area contributed by atoms with Crippen LogP contribution in [0, 0.1) is 0 Å². The van der Waals surface area contributed by atoms with Gasteiger partial charge < -0.3 is 14.4 Å². The van der Waals surface area contributed by atoms with Crippen molar-refractivity contribution in [3.63, 3.8) is 0 Å². The van der Waals surface area contributed by atoms with Crippen LogP contribution in [-0.4, -0.2) is 32.1 Å². The first-order valence-corrected chi connectivity index (χ1v) is 10.4. The fraction of sp³-hybridized carbons (Fsp3) is 0.308. The van der Waals surface area contributed by atoms with E-state index in [-0.39, 0.29) is 6.10 Å². The maximum absolute atomic E-state index is 6.42. The van der Waals surface area contributed by atoms with E-state index in [2.05, 4.69) is 91.8 Å². The third-order valence-electron chi connectivity index (χ3n) is 5.50. The summed E-state index contributed by atoms with van der Waals surface area (Å²) in [6, 6.07) is 27.4. The second-order valence-corrected chi connectivity index (χ2v) is 8.00. The lowest BCUT2D eigenvalue weighted by molar-refractivity contribution is 0.178. The molecule has 1 aliphatic heterocycles. The van der Waals surface area contributed by atoms with Crippen molar-refractivity contribution in [1.29, 1.82) is 0 Å². The maximum Gasteiger partial charge on any atom is 0.126 e. The minimum atomic E-state index is 0.0253. The van der Waals surface area contributed by atoms with Gasteiger partial charge in [0.2, 0.25) is 0 Å². The van der Waals surface area contributed by atoms with Gasteiger partial charge in [0.1, 0.15) is 17.6 Å². The van der Waals surface area contributed by atoms with Gasteiger partial charge in [0.15, 0.2) is 0 Å². The van der Waals surface area contributed by atoms with Gasteiger partial charge in [-0.2, -0.15) is 0 Å². The van der Waals surface area contributed by atoms with Crippen LogP contribution in [0.1, 0.15) is 35.1 Å². The molecule has 150 valence electrons. The highest BCUT2D eigenvalue weighted by molar-refractivity contribution is 5.44. The van der Waals surface area contributed by atoms with Crippen LogP contribution in [0.15, 0.2) is 78.9 Å². The van der Waals surface area contributed by atoms with Gasteiger partial charge in [-0.15, -0.1) is 0 Å². The highest BCUT2D eigenvalue weighted by atomic mass is 16.5. The van der Waals surface area contributed by atoms with Crippen LogP contribution in [0.2, 0.25) is 0 Å². The quantitative estimate of drug-likeness (QED) is 0.536. The predicted octanol–water partition coefficient (Wildman–Crippen LogP) is 5.48. The van der Waals surface area contributed by atoms with Gasteiger partial charge in [-0.3, -0.25) is 0 Å². The second-order valence-electron chi connectivity index (χ2n) is 8.00. The molecule has 3 heteroatoms. The fourth-order valence-electron chi connectivity index (χ4n) is 3.87. The summed E-state index contributed by atoms with van der Waals surface area (Å²) in [5, 5.41) is 0. The molecular formula is C26H29NO2. The van der Waals surface area contributed by atoms with E-state index in [4.69, 9.17) is 9.47 Å². The van der Waals surface area contributed by atoms with Gasteiger partial charge in [-0.25, -0.2) is 0 Å². The van der Waals surface area contributed by atoms with Crippen LogP contribution in [0.4, 0.5) is 0 Å². The lowest BCUT2D eigenvalue weighted by Crippen LogP contribution is -2.20. The average Bonchev–Trinajstić information content (AvgIpc) is 2.77. The van der Waals surface area contributed by atoms with E-state index in [9.17, 15) is 0 Å². The second kappa shape index (κ2) is 9.15. The first-order valence-electron chi connectivity index (χ1n) is 10.4. The van der Waals surface area contributed by atoms with Crippen molar-refractivity contribution in [2.45, 2.75) is 24.9 Å². The van der Waals surface area contributed by atoms with Crippen molar-refractivity contribution < 1.29 is 9.47 Å². The average molecular weight is 388 g/mol. The number of nitrogens with zero attached hydrogens (tertiary/aromatic N) is 1. The lowest BCUT2D eigenvalue weighted by Gasteiger charge is -2.27. The van der Waals surface area contributed by atoms with E-state index < -0.39 is 0 Å². The Morgan fingerprint density at radius 1 is 0.966 bits per heavy atom. The topological polar surface area (TPSA) is 21.7 Å². The van der Waals surface area contributed by atoms with Crippen LogP contribution >= 0.6 is 0 Å². The summed E-state index contributed by atoms with van der Waals surface area (Å²) in [4.78, 5) is 2.19. The molecule has 0 aliphatic carbocycles. The molecule has 0 aromatic heterocycles. The third kappa shape index (κ3) is 4.99. The van der Waals surface area contributed by atoms with Gasteiger partial charge >= 0.3 is 0 Å². The predicted molar refractivity (Wildman–Crippen MR) is 118 cm³/mol. The Labute approximate surface area is 173 Å². The number of fused-ring (bicyclic) bond motifs is 1. The van der Waals surface area contributed by atoms with Crippen molar-refractivity contribution in [1.82, 2.24) is 4.90 Å². The van der Waals surface area contributed by atoms with Crippen molar-refractivity contribution in [2.24, 2.45) is 0 Å². The van der Waals surface area contributed by atoms with E-state index in [0.29, 0.717) is 12.5 Å². The number of ether oxygens (including phenoxy) is 2. The number of benzene rings is 3. The lowest BCUT2D eigenvalue weighted by atomic mass is 9.90. The van der Waals surface area contributed by atoms with Crippen LogP contribution in [-0.2, 0) is 6.42 Å². The van der Waals surface area contributed by atoms with Gasteiger partial charge in [0.05, 0.1) is 6.61 Å². The Morgan fingerprint density at radius 3 is 2.41 bits per heavy atom. The van der Waals surface area contributed by atoms with Crippen molar-refractivity contribution in [2.75, 3.05) is 27.2 Å². The first kappa shape index (κ1) is 19.5. The molecule has 0 saturated carbocycles. The van der Waals surface area contributed by atoms with E-state index in [1.54, 1.807) is 0 Å². The van der Waals surface area contributed by atoms with E-state index in [1.807, 2.05) is 6.07 Å². The van der Waals surface area contributed by atoms with Gasteiger partial charge in [-0.05, 0) is 43.3 Å². The Bertz CT molecular complexity index is 909.